The molecule has 1 aliphatic rings. The molecular weight excluding hydrogens is 745 g/mol. The molecule has 11 rings (SSSR count). The highest BCUT2D eigenvalue weighted by Gasteiger charge is 2.44. The molecule has 10 aromatic rings. The van der Waals surface area contributed by atoms with Crippen molar-refractivity contribution in [2.24, 2.45) is 0 Å². The van der Waals surface area contributed by atoms with Gasteiger partial charge in [-0.3, -0.25) is 13.7 Å². The van der Waals surface area contributed by atoms with E-state index >= 15 is 0 Å². The zero-order chi connectivity index (χ0) is 50.2. The molecule has 0 radical (unpaired) electrons. The van der Waals surface area contributed by atoms with Crippen molar-refractivity contribution >= 4 is 32.8 Å². The van der Waals surface area contributed by atoms with Crippen LogP contribution in [-0.4, -0.2) is 14.1 Å². The summed E-state index contributed by atoms with van der Waals surface area (Å²) in [5, 5.41) is 2.16. The number of fused-ring (bicyclic) bond motifs is 5. The van der Waals surface area contributed by atoms with Gasteiger partial charge in [0.15, 0.2) is 0 Å². The fourth-order valence-electron chi connectivity index (χ4n) is 9.94. The predicted octanol–water partition coefficient (Wildman–Crippen LogP) is 13.6. The van der Waals surface area contributed by atoms with Gasteiger partial charge in [0.2, 0.25) is 0 Å². The molecule has 0 saturated heterocycles. The van der Waals surface area contributed by atoms with Crippen molar-refractivity contribution in [1.82, 2.24) is 14.1 Å². The number of benzene rings is 7. The highest BCUT2D eigenvalue weighted by molar-refractivity contribution is 6.09. The number of nitrogens with zero attached hydrogens (tertiary/aromatic N) is 4. The van der Waals surface area contributed by atoms with Crippen LogP contribution < -0.4 is 9.30 Å². The normalized spacial score (nSPS) is 16.5. The van der Waals surface area contributed by atoms with E-state index in [1.54, 1.807) is 27.3 Å². The molecule has 0 unspecified atom stereocenters. The van der Waals surface area contributed by atoms with Crippen molar-refractivity contribution < 1.29 is 23.0 Å². The van der Waals surface area contributed by atoms with Crippen LogP contribution in [0.5, 0.6) is 11.5 Å². The second-order valence-electron chi connectivity index (χ2n) is 17.0. The lowest BCUT2D eigenvalue weighted by Gasteiger charge is -2.23. The van der Waals surface area contributed by atoms with Gasteiger partial charge in [-0.05, 0) is 99.5 Å². The molecule has 5 heteroatoms. The van der Waals surface area contributed by atoms with Crippen LogP contribution in [0.25, 0.3) is 72.3 Å². The molecule has 0 amide bonds. The zero-order valence-corrected chi connectivity index (χ0v) is 34.4. The number of imidazole rings is 1. The van der Waals surface area contributed by atoms with E-state index < -0.39 is 60.4 Å². The second kappa shape index (κ2) is 13.9. The average molecular weight is 801 g/mol. The number of rotatable bonds is 7. The highest BCUT2D eigenvalue weighted by Crippen LogP contribution is 2.51. The van der Waals surface area contributed by atoms with Gasteiger partial charge in [0, 0.05) is 23.0 Å². The van der Waals surface area contributed by atoms with E-state index in [0.29, 0.717) is 28.2 Å². The molecule has 0 aliphatic heterocycles. The van der Waals surface area contributed by atoms with Gasteiger partial charge < -0.3 is 4.74 Å². The van der Waals surface area contributed by atoms with Gasteiger partial charge in [0.05, 0.1) is 47.1 Å². The number of hydrogen-bond acceptors (Lipinski definition) is 2. The molecule has 0 N–H and O–H groups in total. The first kappa shape index (κ1) is 27.5. The molecule has 0 spiro atoms. The van der Waals surface area contributed by atoms with E-state index in [4.69, 9.17) is 23.4 Å². The van der Waals surface area contributed by atoms with Crippen LogP contribution in [0.1, 0.15) is 64.5 Å². The standard InChI is InChI=1S/C56H46N4O/c1-37-52-47(55(2,3)35-56(52,4)5)34-57-54(37)60-48-27-13-12-24-45(48)46-31-30-42(33-51(46)60)61-41-23-16-22-40(32-41)58-36-59(50-29-15-14-28-49(50)58)53-43(38-18-8-6-9-19-38)25-17-26-44(53)39-20-10-7-11-21-39/h6-34H,35H2,1-5H3/i6D,7D,8D,9D,10D,11D,18D,19D,20D,21D. The Morgan fingerprint density at radius 2 is 1.30 bits per heavy atom. The van der Waals surface area contributed by atoms with Crippen molar-refractivity contribution in [3.63, 3.8) is 0 Å². The summed E-state index contributed by atoms with van der Waals surface area (Å²) in [4.78, 5) is 5.17. The first-order valence-electron chi connectivity index (χ1n) is 25.4. The summed E-state index contributed by atoms with van der Waals surface area (Å²) in [6, 6.07) is 29.0. The summed E-state index contributed by atoms with van der Waals surface area (Å²) >= 11 is 0. The van der Waals surface area contributed by atoms with Crippen LogP contribution >= 0.6 is 0 Å². The Hall–Kier alpha value is -7.24. The van der Waals surface area contributed by atoms with Crippen molar-refractivity contribution in [1.29, 1.82) is 0 Å². The molecule has 0 fully saturated rings. The Morgan fingerprint density at radius 1 is 0.656 bits per heavy atom. The Bertz CT molecular complexity index is 3780. The van der Waals surface area contributed by atoms with Crippen molar-refractivity contribution in [2.45, 2.75) is 51.9 Å². The van der Waals surface area contributed by atoms with Crippen molar-refractivity contribution in [3.05, 3.63) is 199 Å². The zero-order valence-electron chi connectivity index (χ0n) is 44.4. The summed E-state index contributed by atoms with van der Waals surface area (Å²) in [6.07, 6.45) is 6.55. The molecule has 0 bridgehead atoms. The average Bonchev–Trinajstić information content (AvgIpc) is 3.96. The summed E-state index contributed by atoms with van der Waals surface area (Å²) in [5.74, 6) is 2.01. The summed E-state index contributed by atoms with van der Waals surface area (Å²) in [7, 11) is 0. The van der Waals surface area contributed by atoms with E-state index in [1.807, 2.05) is 72.8 Å². The maximum atomic E-state index is 9.02. The molecule has 5 nitrogen and oxygen atoms in total. The van der Waals surface area contributed by atoms with Crippen molar-refractivity contribution in [3.8, 4) is 50.9 Å². The van der Waals surface area contributed by atoms with E-state index in [0.717, 1.165) is 39.6 Å². The topological polar surface area (TPSA) is 35.9 Å². The SMILES string of the molecule is [2H]c1c([2H])c([2H])c(-c2cccc(-c3c([2H])c([2H])c([2H])c([2H])c3[2H])c2-[n+]2[c-]n(-c3cccc(Oc4ccc5c6ccccc6n(-c6ncc7c(c6C)C(C)(C)CC7(C)C)c5c4)c3)c3ccccc32)c([2H])c1[2H]. The van der Waals surface area contributed by atoms with Crippen LogP contribution in [0.2, 0.25) is 0 Å². The van der Waals surface area contributed by atoms with Crippen LogP contribution in [0.15, 0.2) is 176 Å². The second-order valence-corrected chi connectivity index (χ2v) is 17.0. The molecule has 3 heterocycles. The molecule has 296 valence electrons. The third-order valence-electron chi connectivity index (χ3n) is 12.1. The van der Waals surface area contributed by atoms with E-state index in [9.17, 15) is 0 Å². The fourth-order valence-corrected chi connectivity index (χ4v) is 9.94. The molecular formula is C56H46N4O. The fraction of sp³-hybridized carbons (Fsp3) is 0.143. The molecule has 3 aromatic heterocycles. The number of para-hydroxylation sites is 4. The Balaban J connectivity index is 1.07. The first-order chi connectivity index (χ1) is 33.8. The third-order valence-corrected chi connectivity index (χ3v) is 12.1. The minimum Gasteiger partial charge on any atom is -0.458 e. The number of hydrogen-bond donors (Lipinski definition) is 0. The molecule has 7 aromatic carbocycles. The summed E-state index contributed by atoms with van der Waals surface area (Å²) in [5.41, 5.74) is 7.89. The Kier molecular flexibility index (Phi) is 6.28. The lowest BCUT2D eigenvalue weighted by molar-refractivity contribution is -0.571. The lowest BCUT2D eigenvalue weighted by atomic mass is 9.81. The Labute approximate surface area is 370 Å². The van der Waals surface area contributed by atoms with Crippen LogP contribution in [0.4, 0.5) is 0 Å². The monoisotopic (exact) mass is 800 g/mol. The Morgan fingerprint density at radius 3 is 2.03 bits per heavy atom. The van der Waals surface area contributed by atoms with Crippen LogP contribution in [-0.2, 0) is 10.8 Å². The van der Waals surface area contributed by atoms with Gasteiger partial charge in [-0.2, -0.15) is 0 Å². The van der Waals surface area contributed by atoms with E-state index in [1.165, 1.54) is 11.1 Å². The highest BCUT2D eigenvalue weighted by atomic mass is 16.5. The smallest absolute Gasteiger partial charge is 0.269 e. The van der Waals surface area contributed by atoms with Gasteiger partial charge in [-0.15, -0.1) is 0 Å². The van der Waals surface area contributed by atoms with Crippen LogP contribution in [0.3, 0.4) is 0 Å². The minimum atomic E-state index is -0.563. The van der Waals surface area contributed by atoms with Gasteiger partial charge in [0.25, 0.3) is 6.33 Å². The van der Waals surface area contributed by atoms with Crippen molar-refractivity contribution in [2.75, 3.05) is 0 Å². The van der Waals surface area contributed by atoms with E-state index in [-0.39, 0.29) is 38.8 Å². The van der Waals surface area contributed by atoms with Gasteiger partial charge in [-0.25, -0.2) is 4.98 Å². The van der Waals surface area contributed by atoms with Gasteiger partial charge >= 0.3 is 0 Å². The quantitative estimate of drug-likeness (QED) is 0.119. The predicted molar refractivity (Wildman–Crippen MR) is 249 cm³/mol. The first-order valence-corrected chi connectivity index (χ1v) is 20.4. The maximum absolute atomic E-state index is 9.02. The molecule has 1 aliphatic carbocycles. The number of ether oxygens (including phenoxy) is 1. The van der Waals surface area contributed by atoms with Gasteiger partial charge in [-0.1, -0.05) is 155 Å². The van der Waals surface area contributed by atoms with Crippen LogP contribution in [0, 0.1) is 13.3 Å². The largest absolute Gasteiger partial charge is 0.458 e. The van der Waals surface area contributed by atoms with E-state index in [2.05, 4.69) is 69.9 Å². The third kappa shape index (κ3) is 5.98. The number of aromatic nitrogens is 4. The van der Waals surface area contributed by atoms with Gasteiger partial charge in [0.1, 0.15) is 17.3 Å². The molecule has 0 saturated carbocycles. The molecule has 0 atom stereocenters. The lowest BCUT2D eigenvalue weighted by Crippen LogP contribution is -2.31. The minimum absolute atomic E-state index is 0.00613. The summed E-state index contributed by atoms with van der Waals surface area (Å²) in [6.45, 7) is 11.4. The number of pyridine rings is 1. The molecule has 61 heavy (non-hydrogen) atoms. The maximum Gasteiger partial charge on any atom is 0.269 e. The summed E-state index contributed by atoms with van der Waals surface area (Å²) < 4.78 is 99.5.